The van der Waals surface area contributed by atoms with Gasteiger partial charge in [-0.1, -0.05) is 0 Å². The lowest BCUT2D eigenvalue weighted by molar-refractivity contribution is 0.454. The van der Waals surface area contributed by atoms with E-state index in [0.29, 0.717) is 5.92 Å². The lowest BCUT2D eigenvalue weighted by Crippen LogP contribution is -2.26. The van der Waals surface area contributed by atoms with Gasteiger partial charge in [0.15, 0.2) is 5.65 Å². The predicted octanol–water partition coefficient (Wildman–Crippen LogP) is 1.81. The quantitative estimate of drug-likeness (QED) is 0.812. The number of fused-ring (bicyclic) bond motifs is 1. The molecule has 0 aliphatic carbocycles. The highest BCUT2D eigenvalue weighted by Gasteiger charge is 2.18. The van der Waals surface area contributed by atoms with E-state index < -0.39 is 0 Å². The van der Waals surface area contributed by atoms with E-state index in [1.165, 1.54) is 18.5 Å². The summed E-state index contributed by atoms with van der Waals surface area (Å²) in [7, 11) is 0. The average molecular weight is 230 g/mol. The largest absolute Gasteiger partial charge is 0.317 e. The third-order valence-corrected chi connectivity index (χ3v) is 3.50. The number of nitrogens with zero attached hydrogens (tertiary/aromatic N) is 3. The zero-order chi connectivity index (χ0) is 11.8. The molecule has 0 unspecified atom stereocenters. The van der Waals surface area contributed by atoms with Crippen LogP contribution in [-0.4, -0.2) is 27.5 Å². The zero-order valence-electron chi connectivity index (χ0n) is 10.4. The molecule has 90 valence electrons. The van der Waals surface area contributed by atoms with Crippen LogP contribution in [0, 0.1) is 13.8 Å². The maximum absolute atomic E-state index is 4.75. The first kappa shape index (κ1) is 10.7. The molecule has 2 aromatic rings. The second kappa shape index (κ2) is 4.11. The summed E-state index contributed by atoms with van der Waals surface area (Å²) in [6, 6.07) is 0. The molecule has 0 radical (unpaired) electrons. The van der Waals surface area contributed by atoms with Gasteiger partial charge in [-0.05, 0) is 39.8 Å². The molecule has 0 amide bonds. The predicted molar refractivity (Wildman–Crippen MR) is 67.3 cm³/mol. The second-order valence-corrected chi connectivity index (χ2v) is 4.89. The van der Waals surface area contributed by atoms with Gasteiger partial charge in [-0.25, -0.2) is 4.98 Å². The number of hydrogen-bond acceptors (Lipinski definition) is 3. The van der Waals surface area contributed by atoms with Gasteiger partial charge < -0.3 is 9.72 Å². The van der Waals surface area contributed by atoms with Gasteiger partial charge in [0.1, 0.15) is 0 Å². The zero-order valence-corrected chi connectivity index (χ0v) is 10.4. The molecular weight excluding hydrogens is 212 g/mol. The van der Waals surface area contributed by atoms with Gasteiger partial charge in [0.2, 0.25) is 0 Å². The maximum atomic E-state index is 4.75. The molecule has 0 aromatic carbocycles. The molecule has 1 saturated heterocycles. The molecule has 3 heterocycles. The molecule has 1 aliphatic rings. The fraction of sp³-hybridized carbons (Fsp3) is 0.538. The Morgan fingerprint density at radius 3 is 2.71 bits per heavy atom. The van der Waals surface area contributed by atoms with E-state index in [1.807, 2.05) is 13.8 Å². The maximum Gasteiger partial charge on any atom is 0.158 e. The van der Waals surface area contributed by atoms with Crippen molar-refractivity contribution >= 4 is 5.65 Å². The summed E-state index contributed by atoms with van der Waals surface area (Å²) in [6.07, 6.45) is 6.61. The summed E-state index contributed by atoms with van der Waals surface area (Å²) < 4.78 is 2.12. The van der Waals surface area contributed by atoms with Gasteiger partial charge in [-0.3, -0.25) is 4.98 Å². The molecule has 3 rings (SSSR count). The monoisotopic (exact) mass is 230 g/mol. The van der Waals surface area contributed by atoms with Crippen LogP contribution in [0.25, 0.3) is 5.65 Å². The highest BCUT2D eigenvalue weighted by molar-refractivity contribution is 5.45. The Morgan fingerprint density at radius 1 is 1.18 bits per heavy atom. The van der Waals surface area contributed by atoms with Gasteiger partial charge >= 0.3 is 0 Å². The summed E-state index contributed by atoms with van der Waals surface area (Å²) >= 11 is 0. The smallest absolute Gasteiger partial charge is 0.158 e. The fourth-order valence-corrected chi connectivity index (χ4v) is 2.64. The molecule has 0 bridgehead atoms. The number of rotatable bonds is 1. The van der Waals surface area contributed by atoms with Crippen LogP contribution in [0.2, 0.25) is 0 Å². The molecule has 1 fully saturated rings. The molecule has 0 atom stereocenters. The summed E-state index contributed by atoms with van der Waals surface area (Å²) in [4.78, 5) is 9.21. The van der Waals surface area contributed by atoms with E-state index in [9.17, 15) is 0 Å². The normalized spacial score (nSPS) is 17.8. The highest BCUT2D eigenvalue weighted by atomic mass is 15.0. The average Bonchev–Trinajstić information content (AvgIpc) is 2.74. The molecule has 2 aromatic heterocycles. The Morgan fingerprint density at radius 2 is 1.94 bits per heavy atom. The van der Waals surface area contributed by atoms with Crippen LogP contribution in [0.1, 0.15) is 35.8 Å². The number of hydrogen-bond donors (Lipinski definition) is 1. The number of piperidine rings is 1. The van der Waals surface area contributed by atoms with Crippen LogP contribution < -0.4 is 5.32 Å². The highest BCUT2D eigenvalue weighted by Crippen LogP contribution is 2.25. The van der Waals surface area contributed by atoms with Crippen molar-refractivity contribution in [1.82, 2.24) is 19.7 Å². The van der Waals surface area contributed by atoms with Crippen LogP contribution in [0.15, 0.2) is 12.4 Å². The first-order chi connectivity index (χ1) is 8.24. The molecule has 0 spiro atoms. The van der Waals surface area contributed by atoms with Crippen molar-refractivity contribution in [3.63, 3.8) is 0 Å². The van der Waals surface area contributed by atoms with Crippen molar-refractivity contribution in [3.05, 3.63) is 29.5 Å². The lowest BCUT2D eigenvalue weighted by Gasteiger charge is -2.20. The van der Waals surface area contributed by atoms with Gasteiger partial charge in [-0.2, -0.15) is 0 Å². The summed E-state index contributed by atoms with van der Waals surface area (Å²) in [6.45, 7) is 6.27. The first-order valence-electron chi connectivity index (χ1n) is 6.27. The fourth-order valence-electron chi connectivity index (χ4n) is 2.64. The van der Waals surface area contributed by atoms with Crippen LogP contribution >= 0.6 is 0 Å². The molecule has 0 saturated carbocycles. The Balaban J connectivity index is 2.03. The first-order valence-corrected chi connectivity index (χ1v) is 6.27. The molecule has 17 heavy (non-hydrogen) atoms. The van der Waals surface area contributed by atoms with E-state index in [4.69, 9.17) is 4.98 Å². The number of aryl methyl sites for hydroxylation is 2. The van der Waals surface area contributed by atoms with Crippen molar-refractivity contribution in [2.45, 2.75) is 32.6 Å². The minimum Gasteiger partial charge on any atom is -0.317 e. The lowest BCUT2D eigenvalue weighted by atomic mass is 9.95. The van der Waals surface area contributed by atoms with Crippen molar-refractivity contribution in [2.24, 2.45) is 0 Å². The van der Waals surface area contributed by atoms with Gasteiger partial charge in [0.05, 0.1) is 17.1 Å². The molecule has 4 nitrogen and oxygen atoms in total. The minimum absolute atomic E-state index is 0.607. The third kappa shape index (κ3) is 1.93. The van der Waals surface area contributed by atoms with E-state index in [-0.39, 0.29) is 0 Å². The number of nitrogens with one attached hydrogen (secondary N) is 1. The Labute approximate surface area is 101 Å². The van der Waals surface area contributed by atoms with E-state index in [0.717, 1.165) is 30.1 Å². The minimum atomic E-state index is 0.607. The van der Waals surface area contributed by atoms with Crippen LogP contribution in [-0.2, 0) is 0 Å². The molecule has 1 aliphatic heterocycles. The summed E-state index contributed by atoms with van der Waals surface area (Å²) in [5, 5.41) is 3.39. The van der Waals surface area contributed by atoms with E-state index in [2.05, 4.69) is 27.1 Å². The molecule has 1 N–H and O–H groups in total. The van der Waals surface area contributed by atoms with Crippen LogP contribution in [0.5, 0.6) is 0 Å². The third-order valence-electron chi connectivity index (χ3n) is 3.50. The van der Waals surface area contributed by atoms with Gasteiger partial charge in [-0.15, -0.1) is 0 Å². The number of imidazole rings is 1. The number of aromatic nitrogens is 3. The van der Waals surface area contributed by atoms with E-state index >= 15 is 0 Å². The molecular formula is C13H18N4. The standard InChI is InChI=1S/C13H18N4/c1-9-7-17-8-12(11-3-5-14-6-4-11)16-13(17)10(2)15-9/h7-8,11,14H,3-6H2,1-2H3. The SMILES string of the molecule is Cc1cn2cc(C3CCNCC3)nc2c(C)n1. The summed E-state index contributed by atoms with van der Waals surface area (Å²) in [5.74, 6) is 0.607. The van der Waals surface area contributed by atoms with Crippen LogP contribution in [0.4, 0.5) is 0 Å². The van der Waals surface area contributed by atoms with Gasteiger partial charge in [0.25, 0.3) is 0 Å². The molecule has 4 heteroatoms. The van der Waals surface area contributed by atoms with Crippen molar-refractivity contribution < 1.29 is 0 Å². The van der Waals surface area contributed by atoms with Gasteiger partial charge in [0, 0.05) is 18.3 Å². The Bertz CT molecular complexity index is 538. The second-order valence-electron chi connectivity index (χ2n) is 4.89. The Kier molecular flexibility index (Phi) is 2.59. The Hall–Kier alpha value is -1.42. The topological polar surface area (TPSA) is 42.2 Å². The van der Waals surface area contributed by atoms with E-state index in [1.54, 1.807) is 0 Å². The van der Waals surface area contributed by atoms with Crippen molar-refractivity contribution in [2.75, 3.05) is 13.1 Å². The van der Waals surface area contributed by atoms with Crippen LogP contribution in [0.3, 0.4) is 0 Å². The van der Waals surface area contributed by atoms with Crippen molar-refractivity contribution in [1.29, 1.82) is 0 Å². The van der Waals surface area contributed by atoms with Crippen molar-refractivity contribution in [3.8, 4) is 0 Å². The summed E-state index contributed by atoms with van der Waals surface area (Å²) in [5.41, 5.74) is 4.29.